The van der Waals surface area contributed by atoms with E-state index in [-0.39, 0.29) is 0 Å². The molecule has 2 aliphatic rings. The van der Waals surface area contributed by atoms with Gasteiger partial charge in [-0.25, -0.2) is 0 Å². The number of hydrogen-bond acceptors (Lipinski definition) is 4. The third kappa shape index (κ3) is 6.67. The molecule has 0 spiro atoms. The fourth-order valence-corrected chi connectivity index (χ4v) is 4.01. The van der Waals surface area contributed by atoms with E-state index in [2.05, 4.69) is 45.8 Å². The Kier molecular flexibility index (Phi) is 8.42. The van der Waals surface area contributed by atoms with Gasteiger partial charge in [-0.1, -0.05) is 25.0 Å². The number of likely N-dealkylation sites (N-methyl/N-ethyl adjacent to an activating group) is 1. The van der Waals surface area contributed by atoms with Gasteiger partial charge in [-0.15, -0.1) is 0 Å². The van der Waals surface area contributed by atoms with Crippen LogP contribution in [0.2, 0.25) is 0 Å². The average Bonchev–Trinajstić information content (AvgIpc) is 3.25. The van der Waals surface area contributed by atoms with Crippen LogP contribution >= 0.6 is 0 Å². The van der Waals surface area contributed by atoms with Gasteiger partial charge in [0.25, 0.3) is 0 Å². The van der Waals surface area contributed by atoms with Crippen molar-refractivity contribution in [3.05, 3.63) is 29.8 Å². The molecule has 0 atom stereocenters. The third-order valence-corrected chi connectivity index (χ3v) is 5.80. The molecule has 0 unspecified atom stereocenters. The Morgan fingerprint density at radius 2 is 2.00 bits per heavy atom. The molecule has 1 saturated heterocycles. The van der Waals surface area contributed by atoms with E-state index >= 15 is 0 Å². The van der Waals surface area contributed by atoms with Gasteiger partial charge in [-0.05, 0) is 50.4 Å². The molecule has 6 nitrogen and oxygen atoms in total. The van der Waals surface area contributed by atoms with E-state index in [0.29, 0.717) is 18.7 Å². The number of nitrogens with one attached hydrogen (secondary N) is 2. The third-order valence-electron chi connectivity index (χ3n) is 5.80. The Morgan fingerprint density at radius 3 is 2.75 bits per heavy atom. The van der Waals surface area contributed by atoms with Gasteiger partial charge in [-0.2, -0.15) is 0 Å². The number of aliphatic imine (C=N–C) groups is 1. The maximum absolute atomic E-state index is 6.00. The lowest BCUT2D eigenvalue weighted by Crippen LogP contribution is -2.41. The number of nitrogens with zero attached hydrogens (tertiary/aromatic N) is 2. The van der Waals surface area contributed by atoms with E-state index in [1.807, 2.05) is 13.1 Å². The molecule has 2 N–H and O–H groups in total. The molecule has 0 aromatic heterocycles. The minimum absolute atomic E-state index is 0.564. The lowest BCUT2D eigenvalue weighted by Gasteiger charge is -2.31. The van der Waals surface area contributed by atoms with E-state index in [1.165, 1.54) is 31.2 Å². The van der Waals surface area contributed by atoms with Crippen LogP contribution in [0, 0.1) is 0 Å². The van der Waals surface area contributed by atoms with Crippen molar-refractivity contribution in [3.8, 4) is 5.75 Å². The second-order valence-corrected chi connectivity index (χ2v) is 7.87. The van der Waals surface area contributed by atoms with E-state index in [0.717, 1.165) is 50.9 Å². The molecule has 2 fully saturated rings. The summed E-state index contributed by atoms with van der Waals surface area (Å²) >= 11 is 0. The first-order chi connectivity index (χ1) is 13.7. The van der Waals surface area contributed by atoms with Gasteiger partial charge in [0.2, 0.25) is 0 Å². The standard InChI is InChI=1S/C22H36N4O2/c1-23-22(25-19-7-3-4-8-19)24-17-18-6-5-9-21(16-18)28-15-12-26(2)20-10-13-27-14-11-20/h5-6,9,16,19-20H,3-4,7-8,10-15,17H2,1-2H3,(H2,23,24,25). The monoisotopic (exact) mass is 388 g/mol. The van der Waals surface area contributed by atoms with E-state index < -0.39 is 0 Å². The summed E-state index contributed by atoms with van der Waals surface area (Å²) in [6.07, 6.45) is 7.36. The van der Waals surface area contributed by atoms with Gasteiger partial charge in [0, 0.05) is 45.4 Å². The fraction of sp³-hybridized carbons (Fsp3) is 0.682. The van der Waals surface area contributed by atoms with Crippen LogP contribution in [0.5, 0.6) is 5.75 Å². The quantitative estimate of drug-likeness (QED) is 0.530. The molecule has 1 aliphatic carbocycles. The van der Waals surface area contributed by atoms with Gasteiger partial charge < -0.3 is 20.1 Å². The second kappa shape index (κ2) is 11.3. The molecule has 156 valence electrons. The molecule has 3 rings (SSSR count). The van der Waals surface area contributed by atoms with Crippen molar-refractivity contribution in [1.29, 1.82) is 0 Å². The van der Waals surface area contributed by atoms with Crippen LogP contribution in [0.25, 0.3) is 0 Å². The molecule has 0 bridgehead atoms. The summed E-state index contributed by atoms with van der Waals surface area (Å²) in [7, 11) is 4.02. The highest BCUT2D eigenvalue weighted by atomic mass is 16.5. The SMILES string of the molecule is CN=C(NCc1cccc(OCCN(C)C2CCOCC2)c1)NC1CCCC1. The van der Waals surface area contributed by atoms with Crippen LogP contribution in [-0.4, -0.2) is 63.4 Å². The Bertz CT molecular complexity index is 610. The molecular formula is C22H36N4O2. The molecular weight excluding hydrogens is 352 g/mol. The minimum atomic E-state index is 0.564. The van der Waals surface area contributed by atoms with Gasteiger partial charge in [-0.3, -0.25) is 9.89 Å². The van der Waals surface area contributed by atoms with Crippen molar-refractivity contribution in [3.63, 3.8) is 0 Å². The fourth-order valence-electron chi connectivity index (χ4n) is 4.01. The van der Waals surface area contributed by atoms with Gasteiger partial charge >= 0.3 is 0 Å². The highest BCUT2D eigenvalue weighted by molar-refractivity contribution is 5.79. The Morgan fingerprint density at radius 1 is 1.21 bits per heavy atom. The van der Waals surface area contributed by atoms with Crippen LogP contribution in [0.4, 0.5) is 0 Å². The topological polar surface area (TPSA) is 58.1 Å². The second-order valence-electron chi connectivity index (χ2n) is 7.87. The van der Waals surface area contributed by atoms with E-state index in [4.69, 9.17) is 9.47 Å². The Labute approximate surface area is 169 Å². The number of benzene rings is 1. The zero-order valence-electron chi connectivity index (χ0n) is 17.5. The number of guanidine groups is 1. The van der Waals surface area contributed by atoms with Crippen LogP contribution in [0.15, 0.2) is 29.3 Å². The van der Waals surface area contributed by atoms with E-state index in [1.54, 1.807) is 0 Å². The van der Waals surface area contributed by atoms with Crippen LogP contribution in [0.3, 0.4) is 0 Å². The first kappa shape index (κ1) is 20.9. The number of hydrogen-bond donors (Lipinski definition) is 2. The summed E-state index contributed by atoms with van der Waals surface area (Å²) in [5, 5.41) is 6.94. The van der Waals surface area contributed by atoms with Crippen LogP contribution in [-0.2, 0) is 11.3 Å². The summed E-state index contributed by atoms with van der Waals surface area (Å²) in [4.78, 5) is 6.75. The van der Waals surface area contributed by atoms with Crippen LogP contribution in [0.1, 0.15) is 44.1 Å². The summed E-state index contributed by atoms with van der Waals surface area (Å²) in [5.74, 6) is 1.81. The molecule has 1 saturated carbocycles. The smallest absolute Gasteiger partial charge is 0.191 e. The predicted molar refractivity (Wildman–Crippen MR) is 114 cm³/mol. The van der Waals surface area contributed by atoms with Crippen molar-refractivity contribution < 1.29 is 9.47 Å². The summed E-state index contributed by atoms with van der Waals surface area (Å²) in [6, 6.07) is 9.51. The molecule has 1 aliphatic heterocycles. The highest BCUT2D eigenvalue weighted by Crippen LogP contribution is 2.18. The van der Waals surface area contributed by atoms with Crippen molar-refractivity contribution in [2.75, 3.05) is 40.5 Å². The largest absolute Gasteiger partial charge is 0.492 e. The van der Waals surface area contributed by atoms with Crippen molar-refractivity contribution >= 4 is 5.96 Å². The Hall–Kier alpha value is -1.79. The molecule has 1 aromatic carbocycles. The highest BCUT2D eigenvalue weighted by Gasteiger charge is 2.18. The van der Waals surface area contributed by atoms with Gasteiger partial charge in [0.1, 0.15) is 12.4 Å². The zero-order valence-corrected chi connectivity index (χ0v) is 17.5. The molecule has 0 radical (unpaired) electrons. The first-order valence-corrected chi connectivity index (χ1v) is 10.7. The maximum atomic E-state index is 6.00. The lowest BCUT2D eigenvalue weighted by molar-refractivity contribution is 0.0392. The Balaban J connectivity index is 1.40. The molecule has 1 heterocycles. The molecule has 0 amide bonds. The van der Waals surface area contributed by atoms with Gasteiger partial charge in [0.15, 0.2) is 5.96 Å². The lowest BCUT2D eigenvalue weighted by atomic mass is 10.1. The van der Waals surface area contributed by atoms with Crippen molar-refractivity contribution in [1.82, 2.24) is 15.5 Å². The molecule has 1 aromatic rings. The normalized spacial score (nSPS) is 19.2. The first-order valence-electron chi connectivity index (χ1n) is 10.7. The van der Waals surface area contributed by atoms with Crippen LogP contribution < -0.4 is 15.4 Å². The zero-order chi connectivity index (χ0) is 19.6. The van der Waals surface area contributed by atoms with Gasteiger partial charge in [0.05, 0.1) is 0 Å². The number of rotatable bonds is 8. The minimum Gasteiger partial charge on any atom is -0.492 e. The van der Waals surface area contributed by atoms with Crippen molar-refractivity contribution in [2.45, 2.75) is 57.2 Å². The van der Waals surface area contributed by atoms with E-state index in [9.17, 15) is 0 Å². The molecule has 6 heteroatoms. The summed E-state index contributed by atoms with van der Waals surface area (Å²) < 4.78 is 11.4. The number of ether oxygens (including phenoxy) is 2. The molecule has 28 heavy (non-hydrogen) atoms. The predicted octanol–water partition coefficient (Wildman–Crippen LogP) is 2.78. The summed E-state index contributed by atoms with van der Waals surface area (Å²) in [6.45, 7) is 4.14. The summed E-state index contributed by atoms with van der Waals surface area (Å²) in [5.41, 5.74) is 1.20. The average molecular weight is 389 g/mol. The van der Waals surface area contributed by atoms with Crippen molar-refractivity contribution in [2.24, 2.45) is 4.99 Å². The maximum Gasteiger partial charge on any atom is 0.191 e.